The first-order valence-electron chi connectivity index (χ1n) is 9.03. The van der Waals surface area contributed by atoms with Crippen LogP contribution in [0.15, 0.2) is 36.5 Å². The zero-order chi connectivity index (χ0) is 18.5. The van der Waals surface area contributed by atoms with Crippen molar-refractivity contribution in [3.63, 3.8) is 0 Å². The SMILES string of the molecule is CCC(=O)N1CCC(n2nccc2NC(=O)Nc2ccccc2C)CC1. The van der Waals surface area contributed by atoms with E-state index < -0.39 is 0 Å². The van der Waals surface area contributed by atoms with Crippen molar-refractivity contribution in [1.82, 2.24) is 14.7 Å². The van der Waals surface area contributed by atoms with Gasteiger partial charge in [-0.2, -0.15) is 5.10 Å². The minimum atomic E-state index is -0.292. The van der Waals surface area contributed by atoms with Gasteiger partial charge >= 0.3 is 6.03 Å². The van der Waals surface area contributed by atoms with Crippen molar-refractivity contribution in [1.29, 1.82) is 0 Å². The molecule has 26 heavy (non-hydrogen) atoms. The molecule has 1 fully saturated rings. The average molecular weight is 355 g/mol. The van der Waals surface area contributed by atoms with Crippen LogP contribution in [0.2, 0.25) is 0 Å². The third kappa shape index (κ3) is 4.04. The molecule has 1 aromatic carbocycles. The van der Waals surface area contributed by atoms with Gasteiger partial charge in [-0.1, -0.05) is 25.1 Å². The van der Waals surface area contributed by atoms with Crippen molar-refractivity contribution in [2.45, 2.75) is 39.2 Å². The van der Waals surface area contributed by atoms with Crippen LogP contribution in [0.3, 0.4) is 0 Å². The molecule has 0 radical (unpaired) electrons. The quantitative estimate of drug-likeness (QED) is 0.882. The molecule has 1 aromatic heterocycles. The van der Waals surface area contributed by atoms with Crippen LogP contribution in [0.4, 0.5) is 16.3 Å². The van der Waals surface area contributed by atoms with E-state index in [0.717, 1.165) is 37.2 Å². The normalized spacial score (nSPS) is 14.9. The number of amides is 3. The predicted molar refractivity (Wildman–Crippen MR) is 101 cm³/mol. The maximum Gasteiger partial charge on any atom is 0.324 e. The Morgan fingerprint density at radius 1 is 1.15 bits per heavy atom. The largest absolute Gasteiger partial charge is 0.343 e. The number of carbonyl (C=O) groups excluding carboxylic acids is 2. The standard InChI is InChI=1S/C19H25N5O2/c1-3-18(25)23-12-9-15(10-13-23)24-17(8-11-20-24)22-19(26)21-16-7-5-4-6-14(16)2/h4-8,11,15H,3,9-10,12-13H2,1-2H3,(H2,21,22,26). The molecule has 3 amide bonds. The van der Waals surface area contributed by atoms with Crippen LogP contribution in [0, 0.1) is 6.92 Å². The highest BCUT2D eigenvalue weighted by molar-refractivity contribution is 5.99. The first-order chi connectivity index (χ1) is 12.6. The molecule has 0 bridgehead atoms. The lowest BCUT2D eigenvalue weighted by atomic mass is 10.0. The van der Waals surface area contributed by atoms with E-state index in [0.29, 0.717) is 12.2 Å². The molecule has 0 saturated carbocycles. The molecule has 2 N–H and O–H groups in total. The van der Waals surface area contributed by atoms with Crippen LogP contribution < -0.4 is 10.6 Å². The molecule has 1 aliphatic heterocycles. The van der Waals surface area contributed by atoms with Gasteiger partial charge in [0.15, 0.2) is 0 Å². The van der Waals surface area contributed by atoms with Gasteiger partial charge in [0.2, 0.25) is 5.91 Å². The summed E-state index contributed by atoms with van der Waals surface area (Å²) in [6, 6.07) is 9.32. The van der Waals surface area contributed by atoms with Gasteiger partial charge in [0.05, 0.1) is 12.2 Å². The van der Waals surface area contributed by atoms with Crippen molar-refractivity contribution in [2.75, 3.05) is 23.7 Å². The van der Waals surface area contributed by atoms with Crippen LogP contribution in [-0.4, -0.2) is 39.7 Å². The number of aromatic nitrogens is 2. The third-order valence-electron chi connectivity index (χ3n) is 4.77. The number of hydrogen-bond donors (Lipinski definition) is 2. The number of likely N-dealkylation sites (tertiary alicyclic amines) is 1. The van der Waals surface area contributed by atoms with Crippen molar-refractivity contribution in [3.8, 4) is 0 Å². The summed E-state index contributed by atoms with van der Waals surface area (Å²) in [6.07, 6.45) is 3.90. The van der Waals surface area contributed by atoms with E-state index in [2.05, 4.69) is 15.7 Å². The fourth-order valence-corrected chi connectivity index (χ4v) is 3.27. The summed E-state index contributed by atoms with van der Waals surface area (Å²) in [6.45, 7) is 5.29. The number of anilines is 2. The summed E-state index contributed by atoms with van der Waals surface area (Å²) in [5, 5.41) is 10.1. The highest BCUT2D eigenvalue weighted by Gasteiger charge is 2.25. The topological polar surface area (TPSA) is 79.3 Å². The van der Waals surface area contributed by atoms with Crippen LogP contribution in [-0.2, 0) is 4.79 Å². The van der Waals surface area contributed by atoms with Gasteiger partial charge in [-0.25, -0.2) is 9.48 Å². The minimum absolute atomic E-state index is 0.180. The number of nitrogens with zero attached hydrogens (tertiary/aromatic N) is 3. The number of aryl methyl sites for hydroxylation is 1. The first-order valence-corrected chi connectivity index (χ1v) is 9.03. The second-order valence-corrected chi connectivity index (χ2v) is 6.52. The molecule has 0 aliphatic carbocycles. The summed E-state index contributed by atoms with van der Waals surface area (Å²) in [7, 11) is 0. The molecule has 2 aromatic rings. The van der Waals surface area contributed by atoms with Crippen LogP contribution in [0.1, 0.15) is 37.8 Å². The Morgan fingerprint density at radius 2 is 1.88 bits per heavy atom. The van der Waals surface area contributed by atoms with Crippen LogP contribution >= 0.6 is 0 Å². The van der Waals surface area contributed by atoms with E-state index >= 15 is 0 Å². The van der Waals surface area contributed by atoms with E-state index in [1.54, 1.807) is 12.3 Å². The number of benzene rings is 1. The molecule has 7 heteroatoms. The molecule has 7 nitrogen and oxygen atoms in total. The Morgan fingerprint density at radius 3 is 2.58 bits per heavy atom. The zero-order valence-electron chi connectivity index (χ0n) is 15.2. The summed E-state index contributed by atoms with van der Waals surface area (Å²) in [5.41, 5.74) is 1.78. The van der Waals surface area contributed by atoms with Gasteiger partial charge in [-0.15, -0.1) is 0 Å². The Hall–Kier alpha value is -2.83. The van der Waals surface area contributed by atoms with Gasteiger partial charge < -0.3 is 10.2 Å². The van der Waals surface area contributed by atoms with Crippen molar-refractivity contribution >= 4 is 23.4 Å². The van der Waals surface area contributed by atoms with Crippen LogP contribution in [0.25, 0.3) is 0 Å². The van der Waals surface area contributed by atoms with E-state index in [9.17, 15) is 9.59 Å². The number of carbonyl (C=O) groups is 2. The summed E-state index contributed by atoms with van der Waals surface area (Å²) in [4.78, 5) is 26.0. The molecule has 1 aliphatic rings. The van der Waals surface area contributed by atoms with Gasteiger partial charge in [-0.3, -0.25) is 10.1 Å². The fraction of sp³-hybridized carbons (Fsp3) is 0.421. The second kappa shape index (κ2) is 8.03. The number of urea groups is 1. The molecule has 3 rings (SSSR count). The third-order valence-corrected chi connectivity index (χ3v) is 4.77. The van der Waals surface area contributed by atoms with Gasteiger partial charge in [0, 0.05) is 31.3 Å². The average Bonchev–Trinajstić information content (AvgIpc) is 3.11. The van der Waals surface area contributed by atoms with E-state index in [-0.39, 0.29) is 18.0 Å². The molecule has 0 atom stereocenters. The molecular weight excluding hydrogens is 330 g/mol. The Bertz CT molecular complexity index is 778. The lowest BCUT2D eigenvalue weighted by Gasteiger charge is -2.32. The minimum Gasteiger partial charge on any atom is -0.343 e. The predicted octanol–water partition coefficient (Wildman–Crippen LogP) is 3.41. The lowest BCUT2D eigenvalue weighted by molar-refractivity contribution is -0.132. The molecule has 0 unspecified atom stereocenters. The molecular formula is C19H25N5O2. The van der Waals surface area contributed by atoms with E-state index in [1.807, 2.05) is 47.7 Å². The maximum absolute atomic E-state index is 12.3. The Kier molecular flexibility index (Phi) is 5.55. The number of rotatable bonds is 4. The molecule has 0 spiro atoms. The lowest BCUT2D eigenvalue weighted by Crippen LogP contribution is -2.39. The Labute approximate surface area is 153 Å². The highest BCUT2D eigenvalue weighted by Crippen LogP contribution is 2.26. The number of piperidine rings is 1. The number of nitrogens with one attached hydrogen (secondary N) is 2. The number of hydrogen-bond acceptors (Lipinski definition) is 3. The maximum atomic E-state index is 12.3. The fourth-order valence-electron chi connectivity index (χ4n) is 3.27. The van der Waals surface area contributed by atoms with E-state index in [1.165, 1.54) is 0 Å². The molecule has 1 saturated heterocycles. The van der Waals surface area contributed by atoms with Gasteiger partial charge in [-0.05, 0) is 31.4 Å². The van der Waals surface area contributed by atoms with E-state index in [4.69, 9.17) is 0 Å². The first kappa shape index (κ1) is 18.0. The zero-order valence-corrected chi connectivity index (χ0v) is 15.2. The van der Waals surface area contributed by atoms with Crippen molar-refractivity contribution in [3.05, 3.63) is 42.1 Å². The smallest absolute Gasteiger partial charge is 0.324 e. The monoisotopic (exact) mass is 355 g/mol. The Balaban J connectivity index is 1.61. The second-order valence-electron chi connectivity index (χ2n) is 6.52. The molecule has 2 heterocycles. The number of para-hydroxylation sites is 1. The van der Waals surface area contributed by atoms with Gasteiger partial charge in [0.25, 0.3) is 0 Å². The molecule has 138 valence electrons. The van der Waals surface area contributed by atoms with Crippen molar-refractivity contribution < 1.29 is 9.59 Å². The summed E-state index contributed by atoms with van der Waals surface area (Å²) < 4.78 is 1.85. The highest BCUT2D eigenvalue weighted by atomic mass is 16.2. The summed E-state index contributed by atoms with van der Waals surface area (Å²) >= 11 is 0. The van der Waals surface area contributed by atoms with Gasteiger partial charge in [0.1, 0.15) is 5.82 Å². The van der Waals surface area contributed by atoms with Crippen LogP contribution in [0.5, 0.6) is 0 Å². The van der Waals surface area contributed by atoms with Crippen molar-refractivity contribution in [2.24, 2.45) is 0 Å². The summed E-state index contributed by atoms with van der Waals surface area (Å²) in [5.74, 6) is 0.858.